The maximum Gasteiger partial charge on any atom is 0.308 e. The first kappa shape index (κ1) is 21.4. The summed E-state index contributed by atoms with van der Waals surface area (Å²) < 4.78 is 4.92. The molecular formula is C21H23ClN2O4. The Morgan fingerprint density at radius 3 is 2.25 bits per heavy atom. The number of ether oxygens (including phenoxy) is 1. The average molecular weight is 403 g/mol. The third-order valence-electron chi connectivity index (χ3n) is 3.95. The van der Waals surface area contributed by atoms with Crippen LogP contribution in [-0.2, 0) is 14.3 Å². The van der Waals surface area contributed by atoms with E-state index in [1.807, 2.05) is 12.1 Å². The van der Waals surface area contributed by atoms with E-state index in [1.54, 1.807) is 36.4 Å². The highest BCUT2D eigenvalue weighted by atomic mass is 35.5. The Balaban J connectivity index is 1.66. The van der Waals surface area contributed by atoms with Crippen molar-refractivity contribution in [3.05, 3.63) is 64.7 Å². The van der Waals surface area contributed by atoms with Crippen LogP contribution in [0.3, 0.4) is 0 Å². The van der Waals surface area contributed by atoms with Gasteiger partial charge in [-0.2, -0.15) is 0 Å². The monoisotopic (exact) mass is 402 g/mol. The van der Waals surface area contributed by atoms with Crippen molar-refractivity contribution >= 4 is 35.1 Å². The largest absolute Gasteiger partial charge is 0.456 e. The van der Waals surface area contributed by atoms with Crippen LogP contribution >= 0.6 is 11.6 Å². The van der Waals surface area contributed by atoms with Gasteiger partial charge in [-0.05, 0) is 47.9 Å². The van der Waals surface area contributed by atoms with Crippen molar-refractivity contribution < 1.29 is 19.1 Å². The van der Waals surface area contributed by atoms with Gasteiger partial charge >= 0.3 is 5.97 Å². The summed E-state index contributed by atoms with van der Waals surface area (Å²) in [6.45, 7) is 3.91. The molecule has 2 aromatic rings. The molecule has 6 nitrogen and oxygen atoms in total. The molecular weight excluding hydrogens is 380 g/mol. The summed E-state index contributed by atoms with van der Waals surface area (Å²) in [6.07, 6.45) is -0.0320. The van der Waals surface area contributed by atoms with Gasteiger partial charge in [-0.15, -0.1) is 0 Å². The maximum absolute atomic E-state index is 11.9. The zero-order valence-corrected chi connectivity index (χ0v) is 16.6. The molecule has 7 heteroatoms. The lowest BCUT2D eigenvalue weighted by atomic mass is 10.0. The first-order valence-electron chi connectivity index (χ1n) is 8.94. The highest BCUT2D eigenvalue weighted by molar-refractivity contribution is 6.30. The number of esters is 1. The van der Waals surface area contributed by atoms with Crippen molar-refractivity contribution in [2.75, 3.05) is 18.5 Å². The summed E-state index contributed by atoms with van der Waals surface area (Å²) in [4.78, 5) is 35.5. The van der Waals surface area contributed by atoms with Crippen LogP contribution in [0, 0.1) is 0 Å². The number of amides is 2. The highest BCUT2D eigenvalue weighted by Crippen LogP contribution is 2.17. The van der Waals surface area contributed by atoms with E-state index in [0.717, 1.165) is 0 Å². The second kappa shape index (κ2) is 10.5. The van der Waals surface area contributed by atoms with Crippen LogP contribution in [0.5, 0.6) is 0 Å². The molecule has 0 aromatic heterocycles. The Kier molecular flexibility index (Phi) is 8.02. The number of benzene rings is 2. The van der Waals surface area contributed by atoms with Crippen molar-refractivity contribution in [2.24, 2.45) is 0 Å². The van der Waals surface area contributed by atoms with Crippen LogP contribution in [0.25, 0.3) is 0 Å². The summed E-state index contributed by atoms with van der Waals surface area (Å²) in [5.74, 6) is -0.893. The first-order valence-corrected chi connectivity index (χ1v) is 9.32. The van der Waals surface area contributed by atoms with Gasteiger partial charge in [-0.1, -0.05) is 37.6 Å². The van der Waals surface area contributed by atoms with Crippen molar-refractivity contribution in [1.29, 1.82) is 0 Å². The van der Waals surface area contributed by atoms with Crippen molar-refractivity contribution in [3.8, 4) is 0 Å². The van der Waals surface area contributed by atoms with Crippen LogP contribution < -0.4 is 10.6 Å². The molecule has 28 heavy (non-hydrogen) atoms. The lowest BCUT2D eigenvalue weighted by Crippen LogP contribution is -2.27. The van der Waals surface area contributed by atoms with Gasteiger partial charge in [0.2, 0.25) is 0 Å². The molecule has 0 radical (unpaired) electrons. The Morgan fingerprint density at radius 1 is 1.00 bits per heavy atom. The number of halogens is 1. The van der Waals surface area contributed by atoms with E-state index in [-0.39, 0.29) is 25.5 Å². The van der Waals surface area contributed by atoms with Gasteiger partial charge in [0.15, 0.2) is 6.61 Å². The molecule has 0 aliphatic carbocycles. The SMILES string of the molecule is CC(C)c1ccc(NC(=O)COC(=O)CCNC(=O)c2ccc(Cl)cc2)cc1. The number of rotatable bonds is 8. The predicted molar refractivity (Wildman–Crippen MR) is 109 cm³/mol. The molecule has 0 spiro atoms. The van der Waals surface area contributed by atoms with Crippen LogP contribution in [0.15, 0.2) is 48.5 Å². The molecule has 0 heterocycles. The number of nitrogens with one attached hydrogen (secondary N) is 2. The summed E-state index contributed by atoms with van der Waals surface area (Å²) in [7, 11) is 0. The van der Waals surface area contributed by atoms with E-state index in [1.165, 1.54) is 5.56 Å². The zero-order valence-electron chi connectivity index (χ0n) is 15.8. The lowest BCUT2D eigenvalue weighted by molar-refractivity contribution is -0.147. The molecule has 2 rings (SSSR count). The molecule has 0 bridgehead atoms. The fraction of sp³-hybridized carbons (Fsp3) is 0.286. The minimum Gasteiger partial charge on any atom is -0.456 e. The predicted octanol–water partition coefficient (Wildman–Crippen LogP) is 3.77. The van der Waals surface area contributed by atoms with Crippen molar-refractivity contribution in [3.63, 3.8) is 0 Å². The van der Waals surface area contributed by atoms with Gasteiger partial charge in [0, 0.05) is 22.8 Å². The van der Waals surface area contributed by atoms with Gasteiger partial charge in [-0.3, -0.25) is 14.4 Å². The third kappa shape index (κ3) is 7.04. The van der Waals surface area contributed by atoms with Crippen LogP contribution in [-0.4, -0.2) is 30.9 Å². The Labute approximate surface area is 169 Å². The minimum absolute atomic E-state index is 0.0320. The fourth-order valence-corrected chi connectivity index (χ4v) is 2.47. The fourth-order valence-electron chi connectivity index (χ4n) is 2.35. The van der Waals surface area contributed by atoms with Crippen molar-refractivity contribution in [2.45, 2.75) is 26.2 Å². The Hall–Kier alpha value is -2.86. The minimum atomic E-state index is -0.568. The molecule has 0 aliphatic heterocycles. The van der Waals surface area contributed by atoms with Gasteiger partial charge < -0.3 is 15.4 Å². The highest BCUT2D eigenvalue weighted by Gasteiger charge is 2.10. The molecule has 0 unspecified atom stereocenters. The Morgan fingerprint density at radius 2 is 1.64 bits per heavy atom. The van der Waals surface area contributed by atoms with Crippen molar-refractivity contribution in [1.82, 2.24) is 5.32 Å². The molecule has 2 N–H and O–H groups in total. The summed E-state index contributed by atoms with van der Waals surface area (Å²) >= 11 is 5.77. The van der Waals surface area contributed by atoms with E-state index in [0.29, 0.717) is 22.2 Å². The summed E-state index contributed by atoms with van der Waals surface area (Å²) in [5, 5.41) is 5.81. The maximum atomic E-state index is 11.9. The average Bonchev–Trinajstić information content (AvgIpc) is 2.67. The van der Waals surface area contributed by atoms with E-state index >= 15 is 0 Å². The molecule has 0 saturated carbocycles. The zero-order chi connectivity index (χ0) is 20.5. The number of carbonyl (C=O) groups excluding carboxylic acids is 3. The van der Waals surface area contributed by atoms with Crippen LogP contribution in [0.2, 0.25) is 5.02 Å². The van der Waals surface area contributed by atoms with Gasteiger partial charge in [0.1, 0.15) is 0 Å². The summed E-state index contributed by atoms with van der Waals surface area (Å²) in [5.41, 5.74) is 2.26. The van der Waals surface area contributed by atoms with E-state index in [9.17, 15) is 14.4 Å². The third-order valence-corrected chi connectivity index (χ3v) is 4.20. The van der Waals surface area contributed by atoms with Crippen LogP contribution in [0.4, 0.5) is 5.69 Å². The molecule has 2 aromatic carbocycles. The second-order valence-electron chi connectivity index (χ2n) is 6.50. The second-order valence-corrected chi connectivity index (χ2v) is 6.93. The molecule has 2 amide bonds. The molecule has 0 fully saturated rings. The van der Waals surface area contributed by atoms with Gasteiger partial charge in [0.25, 0.3) is 11.8 Å². The smallest absolute Gasteiger partial charge is 0.308 e. The van der Waals surface area contributed by atoms with Gasteiger partial charge in [-0.25, -0.2) is 0 Å². The number of hydrogen-bond donors (Lipinski definition) is 2. The lowest BCUT2D eigenvalue weighted by Gasteiger charge is -2.09. The van der Waals surface area contributed by atoms with E-state index in [4.69, 9.17) is 16.3 Å². The van der Waals surface area contributed by atoms with Crippen LogP contribution in [0.1, 0.15) is 42.1 Å². The normalized spacial score (nSPS) is 10.4. The first-order chi connectivity index (χ1) is 13.3. The number of anilines is 1. The molecule has 0 atom stereocenters. The number of carbonyl (C=O) groups is 3. The summed E-state index contributed by atoms with van der Waals surface area (Å²) in [6, 6.07) is 13.9. The van der Waals surface area contributed by atoms with E-state index < -0.39 is 11.9 Å². The molecule has 0 saturated heterocycles. The van der Waals surface area contributed by atoms with Gasteiger partial charge in [0.05, 0.1) is 6.42 Å². The topological polar surface area (TPSA) is 84.5 Å². The quantitative estimate of drug-likeness (QED) is 0.658. The Bertz CT molecular complexity index is 817. The van der Waals surface area contributed by atoms with E-state index in [2.05, 4.69) is 24.5 Å². The number of hydrogen-bond acceptors (Lipinski definition) is 4. The molecule has 0 aliphatic rings. The molecule has 148 valence electrons. The standard InChI is InChI=1S/C21H23ClN2O4/c1-14(2)15-5-9-18(10-6-15)24-19(25)13-28-20(26)11-12-23-21(27)16-3-7-17(22)8-4-16/h3-10,14H,11-13H2,1-2H3,(H,23,27)(H,24,25).